The SMILES string of the molecule is CCCc1cc(N(c2cccc3c2CCCC3)c2cccc3c2c2ccccc2n3-c2ccccc2CC)c2ccc3c(CCC)cc(N(c4cccc5c4CCCC5)c4cccc5c4c4ccccc4n5-c4ccccc4CC)c4ccc1c2c34. The Morgan fingerprint density at radius 2 is 0.686 bits per heavy atom. The standard InChI is InChI=1S/C82H74N4/c1-5-25-57-51-77(85(69-41-21-31-55-29-9-13-33-59(55)69)75-45-23-43-73-81(75)63-35-15-19-39-71(63)83(73)67-37-17-11-27-53(67)7-3)65-50-48-62-58(26-6-2)52-78(66-49-47-61(57)79(65)80(62)66)86(70-42-22-32-56-30-10-14-34-60(56)70)76-46-24-44-74-82(76)64-36-16-20-40-72(64)84(74)68-38-18-12-28-54(68)8-4/h11-12,15-24,27-28,31-32,35-52H,5-10,13-14,25-26,29-30,33-34H2,1-4H3. The molecule has 0 amide bonds. The number of aryl methyl sites for hydroxylation is 6. The molecule has 0 N–H and O–H groups in total. The lowest BCUT2D eigenvalue weighted by molar-refractivity contribution is 0.686. The van der Waals surface area contributed by atoms with Gasteiger partial charge in [-0.1, -0.05) is 174 Å². The predicted molar refractivity (Wildman–Crippen MR) is 368 cm³/mol. The minimum Gasteiger partial charge on any atom is -0.309 e. The maximum Gasteiger partial charge on any atom is 0.0562 e. The highest BCUT2D eigenvalue weighted by molar-refractivity contribution is 6.30. The Hall–Kier alpha value is -9.12. The van der Waals surface area contributed by atoms with Crippen LogP contribution in [0.4, 0.5) is 34.1 Å². The molecule has 14 aromatic rings. The molecule has 2 heterocycles. The molecule has 0 aliphatic heterocycles. The molecule has 2 aromatic heterocycles. The third-order valence-corrected chi connectivity index (χ3v) is 19.8. The molecule has 16 rings (SSSR count). The van der Waals surface area contributed by atoms with Crippen LogP contribution in [0.5, 0.6) is 0 Å². The van der Waals surface area contributed by atoms with Gasteiger partial charge in [0.05, 0.1) is 44.8 Å². The lowest BCUT2D eigenvalue weighted by Gasteiger charge is -2.34. The average molecular weight is 1120 g/mol. The second-order valence-corrected chi connectivity index (χ2v) is 24.6. The number of para-hydroxylation sites is 4. The van der Waals surface area contributed by atoms with E-state index in [1.807, 2.05) is 0 Å². The summed E-state index contributed by atoms with van der Waals surface area (Å²) in [6.45, 7) is 9.30. The van der Waals surface area contributed by atoms with Gasteiger partial charge in [-0.25, -0.2) is 0 Å². The molecule has 86 heavy (non-hydrogen) atoms. The molecule has 0 atom stereocenters. The van der Waals surface area contributed by atoms with Crippen molar-refractivity contribution in [3.05, 3.63) is 251 Å². The molecule has 0 radical (unpaired) electrons. The minimum atomic E-state index is 0.955. The van der Waals surface area contributed by atoms with Gasteiger partial charge < -0.3 is 18.9 Å². The van der Waals surface area contributed by atoms with Crippen LogP contribution >= 0.6 is 0 Å². The van der Waals surface area contributed by atoms with Gasteiger partial charge in [0, 0.05) is 55.1 Å². The number of rotatable bonds is 14. The van der Waals surface area contributed by atoms with E-state index < -0.39 is 0 Å². The van der Waals surface area contributed by atoms with Gasteiger partial charge in [0.1, 0.15) is 0 Å². The summed E-state index contributed by atoms with van der Waals surface area (Å²) in [5.74, 6) is 0. The van der Waals surface area contributed by atoms with Gasteiger partial charge in [0.15, 0.2) is 0 Å². The monoisotopic (exact) mass is 1110 g/mol. The van der Waals surface area contributed by atoms with Crippen LogP contribution in [-0.4, -0.2) is 9.13 Å². The van der Waals surface area contributed by atoms with Crippen LogP contribution in [0.15, 0.2) is 206 Å². The van der Waals surface area contributed by atoms with Crippen molar-refractivity contribution in [3.8, 4) is 11.4 Å². The van der Waals surface area contributed by atoms with Crippen LogP contribution in [0, 0.1) is 0 Å². The molecule has 4 heteroatoms. The van der Waals surface area contributed by atoms with Crippen molar-refractivity contribution in [2.45, 2.75) is 118 Å². The van der Waals surface area contributed by atoms with Crippen molar-refractivity contribution in [3.63, 3.8) is 0 Å². The lowest BCUT2D eigenvalue weighted by atomic mass is 9.85. The molecular formula is C82H74N4. The third-order valence-electron chi connectivity index (χ3n) is 19.8. The third kappa shape index (κ3) is 8.08. The van der Waals surface area contributed by atoms with Gasteiger partial charge in [0.2, 0.25) is 0 Å². The molecule has 0 bridgehead atoms. The van der Waals surface area contributed by atoms with E-state index in [4.69, 9.17) is 0 Å². The van der Waals surface area contributed by atoms with E-state index in [9.17, 15) is 0 Å². The van der Waals surface area contributed by atoms with Gasteiger partial charge in [-0.15, -0.1) is 0 Å². The van der Waals surface area contributed by atoms with Gasteiger partial charge in [0.25, 0.3) is 0 Å². The molecule has 0 spiro atoms. The number of fused-ring (bicyclic) bond motifs is 8. The Labute approximate surface area is 505 Å². The van der Waals surface area contributed by atoms with Crippen LogP contribution in [0.2, 0.25) is 0 Å². The van der Waals surface area contributed by atoms with Crippen LogP contribution in [0.25, 0.3) is 87.3 Å². The minimum absolute atomic E-state index is 0.955. The number of benzene rings is 12. The zero-order chi connectivity index (χ0) is 57.6. The molecule has 422 valence electrons. The Kier molecular flexibility index (Phi) is 13.1. The molecule has 0 saturated heterocycles. The molecular weight excluding hydrogens is 1040 g/mol. The fraction of sp³-hybridized carbons (Fsp3) is 0.220. The predicted octanol–water partition coefficient (Wildman–Crippen LogP) is 22.5. The highest BCUT2D eigenvalue weighted by atomic mass is 15.2. The van der Waals surface area contributed by atoms with Crippen molar-refractivity contribution in [1.29, 1.82) is 0 Å². The summed E-state index contributed by atoms with van der Waals surface area (Å²) in [5, 5.41) is 13.2. The van der Waals surface area contributed by atoms with Crippen molar-refractivity contribution >= 4 is 110 Å². The summed E-state index contributed by atoms with van der Waals surface area (Å²) < 4.78 is 5.10. The van der Waals surface area contributed by atoms with Crippen LogP contribution < -0.4 is 9.80 Å². The first-order valence-electron chi connectivity index (χ1n) is 32.4. The van der Waals surface area contributed by atoms with Gasteiger partial charge in [-0.05, 0) is 216 Å². The number of hydrogen-bond acceptors (Lipinski definition) is 2. The van der Waals surface area contributed by atoms with Crippen molar-refractivity contribution < 1.29 is 0 Å². The van der Waals surface area contributed by atoms with E-state index in [1.165, 1.54) is 192 Å². The molecule has 0 fully saturated rings. The fourth-order valence-corrected chi connectivity index (χ4v) is 16.1. The normalized spacial score (nSPS) is 13.5. The van der Waals surface area contributed by atoms with E-state index in [0.29, 0.717) is 0 Å². The van der Waals surface area contributed by atoms with Gasteiger partial charge in [-0.3, -0.25) is 0 Å². The maximum atomic E-state index is 2.74. The zero-order valence-corrected chi connectivity index (χ0v) is 50.3. The van der Waals surface area contributed by atoms with Gasteiger partial charge in [-0.2, -0.15) is 0 Å². The zero-order valence-electron chi connectivity index (χ0n) is 50.3. The largest absolute Gasteiger partial charge is 0.309 e. The van der Waals surface area contributed by atoms with Crippen molar-refractivity contribution in [1.82, 2.24) is 9.13 Å². The number of hydrogen-bond donors (Lipinski definition) is 0. The summed E-state index contributed by atoms with van der Waals surface area (Å²) in [6, 6.07) is 80.3. The molecule has 0 unspecified atom stereocenters. The summed E-state index contributed by atoms with van der Waals surface area (Å²) in [4.78, 5) is 5.48. The van der Waals surface area contributed by atoms with E-state index in [1.54, 1.807) is 0 Å². The number of nitrogens with zero attached hydrogens (tertiary/aromatic N) is 4. The second-order valence-electron chi connectivity index (χ2n) is 24.6. The lowest BCUT2D eigenvalue weighted by Crippen LogP contribution is -2.17. The van der Waals surface area contributed by atoms with Crippen molar-refractivity contribution in [2.75, 3.05) is 9.80 Å². The van der Waals surface area contributed by atoms with E-state index in [0.717, 1.165) is 64.2 Å². The highest BCUT2D eigenvalue weighted by Crippen LogP contribution is 2.54. The van der Waals surface area contributed by atoms with Crippen molar-refractivity contribution in [2.24, 2.45) is 0 Å². The quantitative estimate of drug-likeness (QED) is 0.101. The Morgan fingerprint density at radius 3 is 1.14 bits per heavy atom. The average Bonchev–Trinajstić information content (AvgIpc) is 1.05. The van der Waals surface area contributed by atoms with Crippen LogP contribution in [0.3, 0.4) is 0 Å². The number of aromatic nitrogens is 2. The van der Waals surface area contributed by atoms with E-state index >= 15 is 0 Å². The van der Waals surface area contributed by atoms with E-state index in [2.05, 4.69) is 253 Å². The first-order chi connectivity index (χ1) is 42.6. The van der Waals surface area contributed by atoms with Crippen LogP contribution in [0.1, 0.15) is 111 Å². The fourth-order valence-electron chi connectivity index (χ4n) is 16.1. The smallest absolute Gasteiger partial charge is 0.0562 e. The van der Waals surface area contributed by atoms with Gasteiger partial charge >= 0.3 is 0 Å². The van der Waals surface area contributed by atoms with Crippen LogP contribution in [-0.2, 0) is 51.4 Å². The second kappa shape index (κ2) is 21.4. The first-order valence-corrected chi connectivity index (χ1v) is 32.4. The summed E-state index contributed by atoms with van der Waals surface area (Å²) in [7, 11) is 0. The Bertz CT molecular complexity index is 4660. The molecule has 4 nitrogen and oxygen atoms in total. The summed E-state index contributed by atoms with van der Waals surface area (Å²) in [5.41, 5.74) is 26.5. The van der Waals surface area contributed by atoms with E-state index in [-0.39, 0.29) is 0 Å². The Morgan fingerprint density at radius 1 is 0.302 bits per heavy atom. The molecule has 2 aliphatic carbocycles. The Balaban J connectivity index is 1.03. The number of anilines is 6. The topological polar surface area (TPSA) is 16.3 Å². The molecule has 2 aliphatic rings. The maximum absolute atomic E-state index is 2.74. The summed E-state index contributed by atoms with van der Waals surface area (Å²) in [6.07, 6.45) is 15.1. The first kappa shape index (κ1) is 52.4. The summed E-state index contributed by atoms with van der Waals surface area (Å²) >= 11 is 0. The highest BCUT2D eigenvalue weighted by Gasteiger charge is 2.31. The molecule has 0 saturated carbocycles. The molecule has 12 aromatic carbocycles.